The molecule has 1 saturated carbocycles. The molecule has 2 aromatic carbocycles. The molecule has 136 valence electrons. The predicted octanol–water partition coefficient (Wildman–Crippen LogP) is 6.24. The fourth-order valence-electron chi connectivity index (χ4n) is 3.96. The minimum atomic E-state index is -0.105. The molecule has 0 aromatic heterocycles. The van der Waals surface area contributed by atoms with Crippen molar-refractivity contribution in [1.82, 2.24) is 0 Å². The largest absolute Gasteiger partial charge is 0.299 e. The van der Waals surface area contributed by atoms with Crippen molar-refractivity contribution in [2.45, 2.75) is 50.9 Å². The van der Waals surface area contributed by atoms with E-state index in [2.05, 4.69) is 0 Å². The van der Waals surface area contributed by atoms with Gasteiger partial charge >= 0.3 is 0 Å². The number of hydrogen-bond donors (Lipinski definition) is 0. The Morgan fingerprint density at radius 1 is 1.00 bits per heavy atom. The highest BCUT2D eigenvalue weighted by atomic mass is 35.5. The molecule has 0 radical (unpaired) electrons. The molecule has 1 aliphatic rings. The number of carbonyl (C=O) groups excluding carboxylic acids is 2. The summed E-state index contributed by atoms with van der Waals surface area (Å²) in [5.74, 6) is 0.189. The highest BCUT2D eigenvalue weighted by Crippen LogP contribution is 2.36. The lowest BCUT2D eigenvalue weighted by atomic mass is 9.75. The van der Waals surface area contributed by atoms with Gasteiger partial charge in [0, 0.05) is 35.3 Å². The van der Waals surface area contributed by atoms with Gasteiger partial charge in [0.2, 0.25) is 0 Å². The Kier molecular flexibility index (Phi) is 6.62. The SMILES string of the molecule is O=C(CC(c1cccc(Cl)c1)C1CCCCCCC1=O)c1ccccc1. The highest BCUT2D eigenvalue weighted by Gasteiger charge is 2.31. The second-order valence-electron chi connectivity index (χ2n) is 7.18. The van der Waals surface area contributed by atoms with Crippen molar-refractivity contribution < 1.29 is 9.59 Å². The van der Waals surface area contributed by atoms with Crippen molar-refractivity contribution in [1.29, 1.82) is 0 Å². The Morgan fingerprint density at radius 2 is 1.77 bits per heavy atom. The third kappa shape index (κ3) is 4.82. The molecule has 3 rings (SSSR count). The zero-order chi connectivity index (χ0) is 18.4. The van der Waals surface area contributed by atoms with Crippen LogP contribution >= 0.6 is 11.6 Å². The molecule has 0 amide bonds. The molecule has 0 saturated heterocycles. The van der Waals surface area contributed by atoms with E-state index in [1.54, 1.807) is 0 Å². The minimum absolute atomic E-state index is 0.0884. The van der Waals surface area contributed by atoms with Gasteiger partial charge in [-0.05, 0) is 30.5 Å². The number of ketones is 2. The van der Waals surface area contributed by atoms with Crippen LogP contribution in [0.3, 0.4) is 0 Å². The second kappa shape index (κ2) is 9.14. The van der Waals surface area contributed by atoms with Gasteiger partial charge in [0.1, 0.15) is 5.78 Å². The minimum Gasteiger partial charge on any atom is -0.299 e. The second-order valence-corrected chi connectivity index (χ2v) is 7.62. The number of halogens is 1. The average molecular weight is 369 g/mol. The number of hydrogen-bond acceptors (Lipinski definition) is 2. The van der Waals surface area contributed by atoms with E-state index in [0.29, 0.717) is 29.2 Å². The van der Waals surface area contributed by atoms with E-state index in [1.165, 1.54) is 6.42 Å². The molecular weight excluding hydrogens is 344 g/mol. The molecule has 1 fully saturated rings. The first kappa shape index (κ1) is 18.8. The van der Waals surface area contributed by atoms with Gasteiger partial charge in [-0.1, -0.05) is 73.3 Å². The molecule has 26 heavy (non-hydrogen) atoms. The lowest BCUT2D eigenvalue weighted by Crippen LogP contribution is -2.26. The van der Waals surface area contributed by atoms with E-state index in [1.807, 2.05) is 54.6 Å². The predicted molar refractivity (Wildman–Crippen MR) is 106 cm³/mol. The molecule has 2 nitrogen and oxygen atoms in total. The smallest absolute Gasteiger partial charge is 0.163 e. The van der Waals surface area contributed by atoms with Crippen LogP contribution in [0.5, 0.6) is 0 Å². The van der Waals surface area contributed by atoms with Crippen molar-refractivity contribution >= 4 is 23.2 Å². The molecule has 0 heterocycles. The van der Waals surface area contributed by atoms with Crippen LogP contribution in [-0.4, -0.2) is 11.6 Å². The first-order valence-corrected chi connectivity index (χ1v) is 9.89. The van der Waals surface area contributed by atoms with Gasteiger partial charge in [-0.2, -0.15) is 0 Å². The Balaban J connectivity index is 1.90. The Labute approximate surface area is 160 Å². The zero-order valence-corrected chi connectivity index (χ0v) is 15.8. The lowest BCUT2D eigenvalue weighted by molar-refractivity contribution is -0.124. The van der Waals surface area contributed by atoms with Crippen LogP contribution in [0.2, 0.25) is 5.02 Å². The fraction of sp³-hybridized carbons (Fsp3) is 0.391. The van der Waals surface area contributed by atoms with Gasteiger partial charge in [-0.15, -0.1) is 0 Å². The summed E-state index contributed by atoms with van der Waals surface area (Å²) >= 11 is 6.21. The topological polar surface area (TPSA) is 34.1 Å². The molecule has 2 unspecified atom stereocenters. The maximum absolute atomic E-state index is 12.9. The van der Waals surface area contributed by atoms with Crippen LogP contribution in [0, 0.1) is 5.92 Å². The van der Waals surface area contributed by atoms with Crippen LogP contribution < -0.4 is 0 Å². The first-order valence-electron chi connectivity index (χ1n) is 9.51. The fourth-order valence-corrected chi connectivity index (χ4v) is 4.16. The monoisotopic (exact) mass is 368 g/mol. The summed E-state index contributed by atoms with van der Waals surface area (Å²) in [6.07, 6.45) is 6.14. The Hall–Kier alpha value is -1.93. The summed E-state index contributed by atoms with van der Waals surface area (Å²) in [5.41, 5.74) is 1.71. The molecular formula is C23H25ClO2. The van der Waals surface area contributed by atoms with E-state index in [-0.39, 0.29) is 17.6 Å². The molecule has 2 atom stereocenters. The van der Waals surface area contributed by atoms with Crippen LogP contribution in [0.4, 0.5) is 0 Å². The molecule has 2 aromatic rings. The number of carbonyl (C=O) groups is 2. The van der Waals surface area contributed by atoms with Crippen LogP contribution in [0.1, 0.15) is 66.8 Å². The van der Waals surface area contributed by atoms with E-state index < -0.39 is 0 Å². The lowest BCUT2D eigenvalue weighted by Gasteiger charge is -2.28. The average Bonchev–Trinajstić information content (AvgIpc) is 2.64. The normalized spacial score (nSPS) is 19.4. The summed E-state index contributed by atoms with van der Waals surface area (Å²) in [6.45, 7) is 0. The van der Waals surface area contributed by atoms with Crippen LogP contribution in [0.15, 0.2) is 54.6 Å². The summed E-state index contributed by atoms with van der Waals surface area (Å²) in [5, 5.41) is 0.651. The van der Waals surface area contributed by atoms with Gasteiger partial charge < -0.3 is 0 Å². The van der Waals surface area contributed by atoms with Gasteiger partial charge in [0.05, 0.1) is 0 Å². The number of Topliss-reactive ketones (excluding diaryl/α,β-unsaturated/α-hetero) is 2. The van der Waals surface area contributed by atoms with Gasteiger partial charge in [-0.25, -0.2) is 0 Å². The first-order chi connectivity index (χ1) is 12.6. The summed E-state index contributed by atoms with van der Waals surface area (Å²) < 4.78 is 0. The maximum atomic E-state index is 12.9. The van der Waals surface area contributed by atoms with Crippen LogP contribution in [-0.2, 0) is 4.79 Å². The molecule has 0 N–H and O–H groups in total. The molecule has 0 bridgehead atoms. The standard InChI is InChI=1S/C23H25ClO2/c24-19-12-8-11-18(15-19)21(16-23(26)17-9-4-3-5-10-17)20-13-6-1-2-7-14-22(20)25/h3-5,8-12,15,20-21H,1-2,6-7,13-14,16H2. The van der Waals surface area contributed by atoms with E-state index in [0.717, 1.165) is 31.2 Å². The van der Waals surface area contributed by atoms with Crippen LogP contribution in [0.25, 0.3) is 0 Å². The molecule has 0 spiro atoms. The van der Waals surface area contributed by atoms with Crippen molar-refractivity contribution in [3.8, 4) is 0 Å². The van der Waals surface area contributed by atoms with Crippen molar-refractivity contribution in [2.24, 2.45) is 5.92 Å². The molecule has 0 aliphatic heterocycles. The summed E-state index contributed by atoms with van der Waals surface area (Å²) in [4.78, 5) is 25.7. The maximum Gasteiger partial charge on any atom is 0.163 e. The Morgan fingerprint density at radius 3 is 2.54 bits per heavy atom. The van der Waals surface area contributed by atoms with Crippen molar-refractivity contribution in [2.75, 3.05) is 0 Å². The highest BCUT2D eigenvalue weighted by molar-refractivity contribution is 6.30. The number of rotatable bonds is 5. The molecule has 1 aliphatic carbocycles. The van der Waals surface area contributed by atoms with Gasteiger partial charge in [0.15, 0.2) is 5.78 Å². The summed E-state index contributed by atoms with van der Waals surface area (Å²) in [7, 11) is 0. The van der Waals surface area contributed by atoms with Gasteiger partial charge in [0.25, 0.3) is 0 Å². The van der Waals surface area contributed by atoms with E-state index in [4.69, 9.17) is 11.6 Å². The zero-order valence-electron chi connectivity index (χ0n) is 15.0. The van der Waals surface area contributed by atoms with E-state index in [9.17, 15) is 9.59 Å². The third-order valence-electron chi connectivity index (χ3n) is 5.37. The quantitative estimate of drug-likeness (QED) is 0.585. The molecule has 3 heteroatoms. The van der Waals surface area contributed by atoms with Crippen molar-refractivity contribution in [3.63, 3.8) is 0 Å². The van der Waals surface area contributed by atoms with Gasteiger partial charge in [-0.3, -0.25) is 9.59 Å². The third-order valence-corrected chi connectivity index (χ3v) is 5.60. The van der Waals surface area contributed by atoms with Crippen molar-refractivity contribution in [3.05, 3.63) is 70.7 Å². The van der Waals surface area contributed by atoms with E-state index >= 15 is 0 Å². The summed E-state index contributed by atoms with van der Waals surface area (Å²) in [6, 6.07) is 17.0. The number of benzene rings is 2. The Bertz CT molecular complexity index is 754.